The number of benzene rings is 1. The first-order valence-electron chi connectivity index (χ1n) is 7.27. The van der Waals surface area contributed by atoms with E-state index >= 15 is 0 Å². The van der Waals surface area contributed by atoms with Crippen LogP contribution in [0.3, 0.4) is 0 Å². The Labute approximate surface area is 126 Å². The molecule has 0 aromatic heterocycles. The number of likely N-dealkylation sites (N-methyl/N-ethyl adjacent to an activating group) is 1. The largest absolute Gasteiger partial charge is 0.348 e. The Morgan fingerprint density at radius 1 is 1.35 bits per heavy atom. The molecular formula is C16H24N2OS. The van der Waals surface area contributed by atoms with Crippen LogP contribution < -0.4 is 0 Å². The summed E-state index contributed by atoms with van der Waals surface area (Å²) in [5, 5.41) is 0.578. The Morgan fingerprint density at radius 2 is 2.10 bits per heavy atom. The first-order chi connectivity index (χ1) is 9.60. The molecule has 0 aliphatic carbocycles. The second kappa shape index (κ2) is 7.14. The summed E-state index contributed by atoms with van der Waals surface area (Å²) < 4.78 is 0. The van der Waals surface area contributed by atoms with E-state index in [1.165, 1.54) is 10.5 Å². The third-order valence-corrected chi connectivity index (χ3v) is 4.87. The van der Waals surface area contributed by atoms with E-state index in [-0.39, 0.29) is 5.91 Å². The average molecular weight is 292 g/mol. The van der Waals surface area contributed by atoms with Gasteiger partial charge >= 0.3 is 0 Å². The predicted octanol–water partition coefficient (Wildman–Crippen LogP) is 2.50. The van der Waals surface area contributed by atoms with Crippen LogP contribution >= 0.6 is 11.8 Å². The quantitative estimate of drug-likeness (QED) is 0.805. The maximum absolute atomic E-state index is 11.9. The van der Waals surface area contributed by atoms with Gasteiger partial charge in [-0.3, -0.25) is 9.69 Å². The summed E-state index contributed by atoms with van der Waals surface area (Å²) in [5.41, 5.74) is 1.46. The highest BCUT2D eigenvalue weighted by atomic mass is 32.2. The number of hydrogen-bond donors (Lipinski definition) is 0. The van der Waals surface area contributed by atoms with Gasteiger partial charge in [0.1, 0.15) is 0 Å². The summed E-state index contributed by atoms with van der Waals surface area (Å²) in [7, 11) is 3.65. The molecule has 0 saturated carbocycles. The average Bonchev–Trinajstić information content (AvgIpc) is 2.80. The molecule has 0 fully saturated rings. The van der Waals surface area contributed by atoms with Gasteiger partial charge in [-0.15, -0.1) is 11.8 Å². The van der Waals surface area contributed by atoms with E-state index in [1.807, 2.05) is 25.9 Å². The van der Waals surface area contributed by atoms with Crippen LogP contribution in [-0.2, 0) is 11.2 Å². The minimum atomic E-state index is 0.193. The standard InChI is InChI=1S/C16H24N2OS/c1-4-9-18(12-16(19)17(2)3)11-14-10-13-7-5-6-8-15(13)20-14/h5-8,14H,4,9-12H2,1-3H3. The van der Waals surface area contributed by atoms with Crippen LogP contribution in [0.15, 0.2) is 29.2 Å². The van der Waals surface area contributed by atoms with Gasteiger partial charge in [-0.05, 0) is 31.0 Å². The molecule has 20 heavy (non-hydrogen) atoms. The number of thioether (sulfide) groups is 1. The Hall–Kier alpha value is -1.00. The lowest BCUT2D eigenvalue weighted by Gasteiger charge is -2.25. The van der Waals surface area contributed by atoms with Crippen molar-refractivity contribution in [2.45, 2.75) is 29.9 Å². The number of nitrogens with zero attached hydrogens (tertiary/aromatic N) is 2. The van der Waals surface area contributed by atoms with Crippen molar-refractivity contribution in [3.63, 3.8) is 0 Å². The van der Waals surface area contributed by atoms with Gasteiger partial charge in [0.2, 0.25) is 5.91 Å². The second-order valence-electron chi connectivity index (χ2n) is 5.57. The van der Waals surface area contributed by atoms with E-state index in [4.69, 9.17) is 0 Å². The molecule has 0 spiro atoms. The fourth-order valence-corrected chi connectivity index (χ4v) is 3.89. The number of fused-ring (bicyclic) bond motifs is 1. The summed E-state index contributed by atoms with van der Waals surface area (Å²) >= 11 is 1.96. The number of carbonyl (C=O) groups is 1. The van der Waals surface area contributed by atoms with E-state index in [1.54, 1.807) is 4.90 Å². The minimum Gasteiger partial charge on any atom is -0.348 e. The summed E-state index contributed by atoms with van der Waals surface area (Å²) in [6.07, 6.45) is 2.21. The Balaban J connectivity index is 1.91. The molecule has 0 radical (unpaired) electrons. The molecule has 0 N–H and O–H groups in total. The van der Waals surface area contributed by atoms with Crippen LogP contribution in [0, 0.1) is 0 Å². The van der Waals surface area contributed by atoms with Gasteiger partial charge in [0.15, 0.2) is 0 Å². The fourth-order valence-electron chi connectivity index (χ4n) is 2.53. The molecule has 110 valence electrons. The van der Waals surface area contributed by atoms with E-state index in [0.29, 0.717) is 11.8 Å². The van der Waals surface area contributed by atoms with Gasteiger partial charge in [-0.1, -0.05) is 25.1 Å². The molecule has 1 aromatic carbocycles. The molecule has 1 unspecified atom stereocenters. The lowest BCUT2D eigenvalue weighted by atomic mass is 10.1. The van der Waals surface area contributed by atoms with Crippen molar-refractivity contribution in [3.05, 3.63) is 29.8 Å². The summed E-state index contributed by atoms with van der Waals surface area (Å²) in [6, 6.07) is 8.64. The summed E-state index contributed by atoms with van der Waals surface area (Å²) in [5.74, 6) is 0.193. The van der Waals surface area contributed by atoms with Crippen molar-refractivity contribution in [1.82, 2.24) is 9.80 Å². The number of amides is 1. The predicted molar refractivity (Wildman–Crippen MR) is 85.2 cm³/mol. The lowest BCUT2D eigenvalue weighted by Crippen LogP contribution is -2.40. The zero-order valence-corrected chi connectivity index (χ0v) is 13.4. The van der Waals surface area contributed by atoms with Gasteiger partial charge in [-0.2, -0.15) is 0 Å². The van der Waals surface area contributed by atoms with E-state index in [2.05, 4.69) is 36.1 Å². The maximum atomic E-state index is 11.9. The van der Waals surface area contributed by atoms with E-state index in [9.17, 15) is 4.79 Å². The zero-order chi connectivity index (χ0) is 14.5. The first-order valence-corrected chi connectivity index (χ1v) is 8.15. The molecule has 2 rings (SSSR count). The van der Waals surface area contributed by atoms with E-state index < -0.39 is 0 Å². The third kappa shape index (κ3) is 4.00. The van der Waals surface area contributed by atoms with Crippen molar-refractivity contribution in [3.8, 4) is 0 Å². The normalized spacial score (nSPS) is 17.3. The lowest BCUT2D eigenvalue weighted by molar-refractivity contribution is -0.129. The van der Waals surface area contributed by atoms with Crippen LogP contribution in [0.2, 0.25) is 0 Å². The van der Waals surface area contributed by atoms with E-state index in [0.717, 1.165) is 25.9 Å². The third-order valence-electron chi connectivity index (χ3n) is 3.57. The molecular weight excluding hydrogens is 268 g/mol. The molecule has 0 bridgehead atoms. The zero-order valence-electron chi connectivity index (χ0n) is 12.6. The molecule has 3 nitrogen and oxygen atoms in total. The molecule has 1 amide bonds. The molecule has 1 atom stereocenters. The summed E-state index contributed by atoms with van der Waals surface area (Å²) in [6.45, 7) is 4.69. The van der Waals surface area contributed by atoms with Gasteiger partial charge < -0.3 is 4.90 Å². The van der Waals surface area contributed by atoms with Crippen LogP contribution in [0.1, 0.15) is 18.9 Å². The molecule has 4 heteroatoms. The minimum absolute atomic E-state index is 0.193. The monoisotopic (exact) mass is 292 g/mol. The highest BCUT2D eigenvalue weighted by Gasteiger charge is 2.24. The van der Waals surface area contributed by atoms with Crippen molar-refractivity contribution in [2.24, 2.45) is 0 Å². The fraction of sp³-hybridized carbons (Fsp3) is 0.562. The Kier molecular flexibility index (Phi) is 5.49. The van der Waals surface area contributed by atoms with Crippen molar-refractivity contribution in [2.75, 3.05) is 33.7 Å². The molecule has 0 saturated heterocycles. The number of hydrogen-bond acceptors (Lipinski definition) is 3. The van der Waals surface area contributed by atoms with Crippen LogP contribution in [0.25, 0.3) is 0 Å². The molecule has 1 aliphatic heterocycles. The smallest absolute Gasteiger partial charge is 0.236 e. The number of carbonyl (C=O) groups excluding carboxylic acids is 1. The van der Waals surface area contributed by atoms with Crippen molar-refractivity contribution >= 4 is 17.7 Å². The molecule has 1 aliphatic rings. The first kappa shape index (κ1) is 15.4. The van der Waals surface area contributed by atoms with Gasteiger partial charge in [0.05, 0.1) is 6.54 Å². The van der Waals surface area contributed by atoms with Gasteiger partial charge in [-0.25, -0.2) is 0 Å². The SMILES string of the molecule is CCCN(CC(=O)N(C)C)CC1Cc2ccccc2S1. The maximum Gasteiger partial charge on any atom is 0.236 e. The van der Waals surface area contributed by atoms with Crippen LogP contribution in [-0.4, -0.2) is 54.7 Å². The number of rotatable bonds is 6. The second-order valence-corrected chi connectivity index (χ2v) is 6.92. The van der Waals surface area contributed by atoms with Gasteiger partial charge in [0.25, 0.3) is 0 Å². The van der Waals surface area contributed by atoms with Crippen molar-refractivity contribution < 1.29 is 4.79 Å². The van der Waals surface area contributed by atoms with Gasteiger partial charge in [0, 0.05) is 30.8 Å². The van der Waals surface area contributed by atoms with Crippen LogP contribution in [0.5, 0.6) is 0 Å². The molecule has 1 aromatic rings. The summed E-state index contributed by atoms with van der Waals surface area (Å²) in [4.78, 5) is 17.3. The Morgan fingerprint density at radius 3 is 2.75 bits per heavy atom. The van der Waals surface area contributed by atoms with Crippen LogP contribution in [0.4, 0.5) is 0 Å². The highest BCUT2D eigenvalue weighted by molar-refractivity contribution is 8.00. The Bertz CT molecular complexity index is 437. The highest BCUT2D eigenvalue weighted by Crippen LogP contribution is 2.37. The topological polar surface area (TPSA) is 23.6 Å². The molecule has 1 heterocycles. The van der Waals surface area contributed by atoms with Crippen molar-refractivity contribution in [1.29, 1.82) is 0 Å².